The first-order chi connectivity index (χ1) is 17.4. The molecule has 0 fully saturated rings. The number of amides is 2. The Morgan fingerprint density at radius 3 is 2.19 bits per heavy atom. The van der Waals surface area contributed by atoms with Crippen LogP contribution in [-0.4, -0.2) is 32.8 Å². The number of rotatable bonds is 6. The summed E-state index contributed by atoms with van der Waals surface area (Å²) in [5.74, 6) is -0.526. The first-order valence-corrected chi connectivity index (χ1v) is 13.3. The highest BCUT2D eigenvalue weighted by atomic mass is 32.2. The Balaban J connectivity index is 1.32. The summed E-state index contributed by atoms with van der Waals surface area (Å²) in [6.45, 7) is 3.70. The molecular weight excluding hydrogens is 474 g/mol. The summed E-state index contributed by atoms with van der Waals surface area (Å²) in [5.41, 5.74) is 4.17. The van der Waals surface area contributed by atoms with Crippen LogP contribution < -0.4 is 14.9 Å². The van der Waals surface area contributed by atoms with Crippen LogP contribution in [0.3, 0.4) is 0 Å². The third kappa shape index (κ3) is 4.52. The van der Waals surface area contributed by atoms with E-state index in [1.54, 1.807) is 24.3 Å². The van der Waals surface area contributed by atoms with Crippen molar-refractivity contribution >= 4 is 27.5 Å². The maximum atomic E-state index is 13.5. The van der Waals surface area contributed by atoms with E-state index >= 15 is 0 Å². The van der Waals surface area contributed by atoms with E-state index in [2.05, 4.69) is 29.3 Å². The van der Waals surface area contributed by atoms with Gasteiger partial charge in [0.2, 0.25) is 5.91 Å². The molecule has 8 heteroatoms. The predicted molar refractivity (Wildman–Crippen MR) is 138 cm³/mol. The Hall–Kier alpha value is -3.91. The normalized spacial score (nSPS) is 17.1. The Kier molecular flexibility index (Phi) is 6.36. The second kappa shape index (κ2) is 9.62. The first kappa shape index (κ1) is 23.8. The van der Waals surface area contributed by atoms with Crippen LogP contribution in [0.1, 0.15) is 39.5 Å². The smallest absolute Gasteiger partial charge is 0.264 e. The van der Waals surface area contributed by atoms with Crippen molar-refractivity contribution in [3.8, 4) is 0 Å². The molecule has 2 aliphatic rings. The molecule has 2 N–H and O–H groups in total. The van der Waals surface area contributed by atoms with Gasteiger partial charge < -0.3 is 10.6 Å². The van der Waals surface area contributed by atoms with Gasteiger partial charge in [-0.25, -0.2) is 8.42 Å². The van der Waals surface area contributed by atoms with Crippen molar-refractivity contribution < 1.29 is 18.0 Å². The van der Waals surface area contributed by atoms with E-state index in [0.29, 0.717) is 17.7 Å². The van der Waals surface area contributed by atoms with Gasteiger partial charge in [0.25, 0.3) is 15.9 Å². The third-order valence-electron chi connectivity index (χ3n) is 6.79. The molecule has 0 saturated carbocycles. The molecule has 0 aromatic heterocycles. The lowest BCUT2D eigenvalue weighted by Gasteiger charge is -2.35. The van der Waals surface area contributed by atoms with Crippen LogP contribution in [-0.2, 0) is 27.7 Å². The second-order valence-corrected chi connectivity index (χ2v) is 10.9. The average molecular weight is 502 g/mol. The Morgan fingerprint density at radius 2 is 1.53 bits per heavy atom. The van der Waals surface area contributed by atoms with Gasteiger partial charge in [0.1, 0.15) is 0 Å². The molecule has 2 amide bonds. The summed E-state index contributed by atoms with van der Waals surface area (Å²) in [5, 5.41) is 5.93. The standard InChI is InChI=1S/C28H27N3O4S/c1-2-27(32)30-25-15-16-31(26-10-6-5-9-24(25)26)36(34,35)23-13-11-19(12-14-23)28(33)29-22-17-20-7-3-4-8-21(20)18-22/h2-14,22,25H,1,15-18H2,(H,29,33)(H,30,32). The first-order valence-electron chi connectivity index (χ1n) is 11.9. The van der Waals surface area contributed by atoms with E-state index in [4.69, 9.17) is 0 Å². The van der Waals surface area contributed by atoms with Crippen LogP contribution >= 0.6 is 0 Å². The molecule has 1 atom stereocenters. The van der Waals surface area contributed by atoms with Crippen molar-refractivity contribution in [2.45, 2.75) is 36.2 Å². The van der Waals surface area contributed by atoms with Gasteiger partial charge in [-0.2, -0.15) is 0 Å². The van der Waals surface area contributed by atoms with Crippen molar-refractivity contribution in [1.29, 1.82) is 0 Å². The van der Waals surface area contributed by atoms with Crippen molar-refractivity contribution in [2.24, 2.45) is 0 Å². The summed E-state index contributed by atoms with van der Waals surface area (Å²) < 4.78 is 28.4. The predicted octanol–water partition coefficient (Wildman–Crippen LogP) is 3.53. The Morgan fingerprint density at radius 1 is 0.889 bits per heavy atom. The number of para-hydroxylation sites is 1. The van der Waals surface area contributed by atoms with Crippen LogP contribution in [0.25, 0.3) is 0 Å². The molecule has 7 nitrogen and oxygen atoms in total. The zero-order valence-corrected chi connectivity index (χ0v) is 20.5. The number of sulfonamides is 1. The summed E-state index contributed by atoms with van der Waals surface area (Å²) >= 11 is 0. The minimum absolute atomic E-state index is 0.0256. The number of carbonyl (C=O) groups excluding carboxylic acids is 2. The minimum atomic E-state index is -3.87. The molecule has 184 valence electrons. The minimum Gasteiger partial charge on any atom is -0.349 e. The van der Waals surface area contributed by atoms with E-state index in [1.807, 2.05) is 24.3 Å². The number of hydrogen-bond acceptors (Lipinski definition) is 4. The fraction of sp³-hybridized carbons (Fsp3) is 0.214. The van der Waals surface area contributed by atoms with E-state index in [1.165, 1.54) is 33.6 Å². The number of nitrogens with one attached hydrogen (secondary N) is 2. The summed E-state index contributed by atoms with van der Waals surface area (Å²) in [7, 11) is -3.87. The van der Waals surface area contributed by atoms with Gasteiger partial charge in [-0.15, -0.1) is 0 Å². The molecule has 3 aromatic carbocycles. The Bertz CT molecular complexity index is 1410. The number of benzene rings is 3. The fourth-order valence-corrected chi connectivity index (χ4v) is 6.50. The van der Waals surface area contributed by atoms with Crippen LogP contribution in [0.2, 0.25) is 0 Å². The van der Waals surface area contributed by atoms with Gasteiger partial charge in [-0.1, -0.05) is 49.0 Å². The van der Waals surface area contributed by atoms with Crippen LogP contribution in [0, 0.1) is 0 Å². The number of hydrogen-bond donors (Lipinski definition) is 2. The van der Waals surface area contributed by atoms with E-state index in [-0.39, 0.29) is 35.3 Å². The quantitative estimate of drug-likeness (QED) is 0.505. The lowest BCUT2D eigenvalue weighted by atomic mass is 9.98. The monoisotopic (exact) mass is 501 g/mol. The molecule has 0 spiro atoms. The molecule has 1 aliphatic heterocycles. The lowest BCUT2D eigenvalue weighted by molar-refractivity contribution is -0.117. The molecule has 1 heterocycles. The highest BCUT2D eigenvalue weighted by molar-refractivity contribution is 7.92. The van der Waals surface area contributed by atoms with Gasteiger partial charge in [0, 0.05) is 18.2 Å². The molecule has 0 bridgehead atoms. The Labute approximate surface area is 210 Å². The van der Waals surface area contributed by atoms with Gasteiger partial charge in [0.05, 0.1) is 16.6 Å². The molecule has 0 saturated heterocycles. The van der Waals surface area contributed by atoms with Crippen molar-refractivity contribution in [2.75, 3.05) is 10.8 Å². The van der Waals surface area contributed by atoms with E-state index in [9.17, 15) is 18.0 Å². The SMILES string of the molecule is C=CC(=O)NC1CCN(S(=O)(=O)c2ccc(C(=O)NC3Cc4ccccc4C3)cc2)c2ccccc21. The maximum absolute atomic E-state index is 13.5. The second-order valence-electron chi connectivity index (χ2n) is 9.06. The highest BCUT2D eigenvalue weighted by Gasteiger charge is 2.33. The van der Waals surface area contributed by atoms with Gasteiger partial charge in [-0.05, 0) is 72.4 Å². The number of anilines is 1. The van der Waals surface area contributed by atoms with Crippen LogP contribution in [0.5, 0.6) is 0 Å². The number of carbonyl (C=O) groups is 2. The highest BCUT2D eigenvalue weighted by Crippen LogP contribution is 2.37. The van der Waals surface area contributed by atoms with Crippen LogP contribution in [0.15, 0.2) is 90.3 Å². The van der Waals surface area contributed by atoms with Gasteiger partial charge in [0.15, 0.2) is 0 Å². The van der Waals surface area contributed by atoms with Crippen LogP contribution in [0.4, 0.5) is 5.69 Å². The van der Waals surface area contributed by atoms with Gasteiger partial charge in [-0.3, -0.25) is 13.9 Å². The van der Waals surface area contributed by atoms with Crippen molar-refractivity contribution in [3.63, 3.8) is 0 Å². The molecule has 1 unspecified atom stereocenters. The third-order valence-corrected chi connectivity index (χ3v) is 8.62. The zero-order chi connectivity index (χ0) is 25.3. The number of fused-ring (bicyclic) bond motifs is 2. The van der Waals surface area contributed by atoms with E-state index in [0.717, 1.165) is 18.4 Å². The average Bonchev–Trinajstić information content (AvgIpc) is 3.31. The molecule has 0 radical (unpaired) electrons. The fourth-order valence-electron chi connectivity index (χ4n) is 5.00. The molecular formula is C28H27N3O4S. The van der Waals surface area contributed by atoms with E-state index < -0.39 is 10.0 Å². The van der Waals surface area contributed by atoms with Crippen molar-refractivity contribution in [3.05, 3.63) is 108 Å². The molecule has 1 aliphatic carbocycles. The topological polar surface area (TPSA) is 95.6 Å². The molecule has 3 aromatic rings. The zero-order valence-electron chi connectivity index (χ0n) is 19.7. The number of nitrogens with zero attached hydrogens (tertiary/aromatic N) is 1. The van der Waals surface area contributed by atoms with Crippen molar-refractivity contribution in [1.82, 2.24) is 10.6 Å². The summed E-state index contributed by atoms with van der Waals surface area (Å²) in [6.07, 6.45) is 3.21. The maximum Gasteiger partial charge on any atom is 0.264 e. The molecule has 5 rings (SSSR count). The summed E-state index contributed by atoms with van der Waals surface area (Å²) in [4.78, 5) is 24.8. The lowest BCUT2D eigenvalue weighted by Crippen LogP contribution is -2.40. The largest absolute Gasteiger partial charge is 0.349 e. The molecule has 36 heavy (non-hydrogen) atoms. The summed E-state index contributed by atoms with van der Waals surface area (Å²) in [6, 6.07) is 21.1. The van der Waals surface area contributed by atoms with Gasteiger partial charge >= 0.3 is 0 Å².